The van der Waals surface area contributed by atoms with Gasteiger partial charge in [-0.15, -0.1) is 0 Å². The molecule has 0 fully saturated rings. The van der Waals surface area contributed by atoms with Gasteiger partial charge >= 0.3 is 11.9 Å². The number of anilines is 1. The number of esters is 2. The van der Waals surface area contributed by atoms with Crippen molar-refractivity contribution in [2.45, 2.75) is 23.7 Å². The highest BCUT2D eigenvalue weighted by Gasteiger charge is 2.48. The van der Waals surface area contributed by atoms with Crippen LogP contribution in [0.4, 0.5) is 5.69 Å². The Hall–Kier alpha value is -1.17. The van der Waals surface area contributed by atoms with Gasteiger partial charge in [-0.25, -0.2) is 0 Å². The minimum Gasteiger partial charge on any atom is -0.465 e. The van der Waals surface area contributed by atoms with E-state index in [0.29, 0.717) is 5.69 Å². The fourth-order valence-electron chi connectivity index (χ4n) is 1.90. The highest BCUT2D eigenvalue weighted by Crippen LogP contribution is 2.37. The Labute approximate surface area is 150 Å². The Kier molecular flexibility index (Phi) is 7.95. The molecule has 0 bridgehead atoms. The van der Waals surface area contributed by atoms with Crippen molar-refractivity contribution in [1.29, 1.82) is 0 Å². The van der Waals surface area contributed by atoms with E-state index in [4.69, 9.17) is 44.3 Å². The lowest BCUT2D eigenvalue weighted by Crippen LogP contribution is -2.49. The van der Waals surface area contributed by atoms with Gasteiger partial charge in [-0.05, 0) is 26.0 Å². The zero-order valence-electron chi connectivity index (χ0n) is 12.7. The Morgan fingerprint density at radius 1 is 1.04 bits per heavy atom. The quantitative estimate of drug-likeness (QED) is 0.443. The summed E-state index contributed by atoms with van der Waals surface area (Å²) >= 11 is 18.0. The summed E-state index contributed by atoms with van der Waals surface area (Å²) in [7, 11) is 0. The van der Waals surface area contributed by atoms with Gasteiger partial charge in [0.25, 0.3) is 0 Å². The van der Waals surface area contributed by atoms with Crippen molar-refractivity contribution in [1.82, 2.24) is 0 Å². The zero-order chi connectivity index (χ0) is 17.5. The summed E-state index contributed by atoms with van der Waals surface area (Å²) in [5.74, 6) is -3.04. The standard InChI is InChI=1S/C15H18Cl3NO4/c1-3-22-13(20)11(14(21)23-4-2)12(15(16,17)18)19-10-8-6-5-7-9-10/h5-9,11-12,19H,3-4H2,1-2H3. The number of carbonyl (C=O) groups excluding carboxylic acids is 2. The number of hydrogen-bond acceptors (Lipinski definition) is 5. The first-order valence-corrected chi connectivity index (χ1v) is 8.16. The summed E-state index contributed by atoms with van der Waals surface area (Å²) in [6, 6.07) is 7.62. The van der Waals surface area contributed by atoms with Gasteiger partial charge in [0, 0.05) is 5.69 Å². The molecule has 0 saturated heterocycles. The van der Waals surface area contributed by atoms with E-state index in [0.717, 1.165) is 0 Å². The van der Waals surface area contributed by atoms with Crippen LogP contribution in [0.1, 0.15) is 13.8 Å². The molecular weight excluding hydrogens is 365 g/mol. The van der Waals surface area contributed by atoms with Gasteiger partial charge < -0.3 is 14.8 Å². The highest BCUT2D eigenvalue weighted by molar-refractivity contribution is 6.68. The van der Waals surface area contributed by atoms with Gasteiger partial charge in [0.15, 0.2) is 5.92 Å². The summed E-state index contributed by atoms with van der Waals surface area (Å²) in [6.07, 6.45) is 0. The molecule has 23 heavy (non-hydrogen) atoms. The molecular formula is C15H18Cl3NO4. The number of alkyl halides is 3. The first kappa shape index (κ1) is 19.9. The Balaban J connectivity index is 3.16. The maximum atomic E-state index is 12.2. The Morgan fingerprint density at radius 3 is 1.91 bits per heavy atom. The lowest BCUT2D eigenvalue weighted by Gasteiger charge is -2.31. The van der Waals surface area contributed by atoms with Crippen LogP contribution in [0, 0.1) is 5.92 Å². The van der Waals surface area contributed by atoms with Crippen molar-refractivity contribution in [2.24, 2.45) is 5.92 Å². The van der Waals surface area contributed by atoms with Gasteiger partial charge in [0.1, 0.15) is 0 Å². The van der Waals surface area contributed by atoms with Crippen molar-refractivity contribution in [3.63, 3.8) is 0 Å². The molecule has 8 heteroatoms. The van der Waals surface area contributed by atoms with E-state index in [1.165, 1.54) is 0 Å². The minimum absolute atomic E-state index is 0.0899. The number of ether oxygens (including phenoxy) is 2. The normalized spacial score (nSPS) is 12.6. The molecule has 1 unspecified atom stereocenters. The number of halogens is 3. The lowest BCUT2D eigenvalue weighted by molar-refractivity contribution is -0.162. The second kappa shape index (κ2) is 9.21. The average Bonchev–Trinajstić information content (AvgIpc) is 2.47. The molecule has 1 N–H and O–H groups in total. The predicted octanol–water partition coefficient (Wildman–Crippen LogP) is 3.58. The molecule has 0 aliphatic carbocycles. The summed E-state index contributed by atoms with van der Waals surface area (Å²) in [4.78, 5) is 24.4. The van der Waals surface area contributed by atoms with Crippen LogP contribution < -0.4 is 5.32 Å². The lowest BCUT2D eigenvalue weighted by atomic mass is 10.0. The van der Waals surface area contributed by atoms with Gasteiger partial charge in [0.2, 0.25) is 3.79 Å². The maximum Gasteiger partial charge on any atom is 0.322 e. The number of carbonyl (C=O) groups is 2. The predicted molar refractivity (Wildman–Crippen MR) is 90.9 cm³/mol. The number of para-hydroxylation sites is 1. The second-order valence-corrected chi connectivity index (χ2v) is 6.88. The van der Waals surface area contributed by atoms with E-state index in [1.807, 2.05) is 6.07 Å². The largest absolute Gasteiger partial charge is 0.465 e. The van der Waals surface area contributed by atoms with Crippen LogP contribution in [0.5, 0.6) is 0 Å². The molecule has 0 spiro atoms. The van der Waals surface area contributed by atoms with Crippen LogP contribution in [0.3, 0.4) is 0 Å². The van der Waals surface area contributed by atoms with Crippen LogP contribution in [-0.2, 0) is 19.1 Å². The molecule has 1 rings (SSSR count). The van der Waals surface area contributed by atoms with Gasteiger partial charge in [-0.2, -0.15) is 0 Å². The van der Waals surface area contributed by atoms with E-state index >= 15 is 0 Å². The fraction of sp³-hybridized carbons (Fsp3) is 0.467. The van der Waals surface area contributed by atoms with Crippen LogP contribution in [0.25, 0.3) is 0 Å². The molecule has 5 nitrogen and oxygen atoms in total. The van der Waals surface area contributed by atoms with Crippen molar-refractivity contribution >= 4 is 52.4 Å². The monoisotopic (exact) mass is 381 g/mol. The molecule has 0 radical (unpaired) electrons. The van der Waals surface area contributed by atoms with Crippen LogP contribution in [0.15, 0.2) is 30.3 Å². The summed E-state index contributed by atoms with van der Waals surface area (Å²) < 4.78 is 7.91. The summed E-state index contributed by atoms with van der Waals surface area (Å²) in [5.41, 5.74) is 0.586. The van der Waals surface area contributed by atoms with Crippen LogP contribution >= 0.6 is 34.8 Å². The topological polar surface area (TPSA) is 64.6 Å². The highest BCUT2D eigenvalue weighted by atomic mass is 35.6. The third-order valence-corrected chi connectivity index (χ3v) is 3.57. The van der Waals surface area contributed by atoms with E-state index in [-0.39, 0.29) is 13.2 Å². The van der Waals surface area contributed by atoms with Crippen molar-refractivity contribution in [3.8, 4) is 0 Å². The number of benzene rings is 1. The number of nitrogens with one attached hydrogen (secondary N) is 1. The third-order valence-electron chi connectivity index (χ3n) is 2.86. The van der Waals surface area contributed by atoms with Crippen molar-refractivity contribution in [2.75, 3.05) is 18.5 Å². The average molecular weight is 383 g/mol. The zero-order valence-corrected chi connectivity index (χ0v) is 15.0. The number of hydrogen-bond donors (Lipinski definition) is 1. The summed E-state index contributed by atoms with van der Waals surface area (Å²) in [6.45, 7) is 3.42. The first-order chi connectivity index (χ1) is 10.8. The van der Waals surface area contributed by atoms with E-state index < -0.39 is 27.7 Å². The molecule has 1 aromatic carbocycles. The van der Waals surface area contributed by atoms with Gasteiger partial charge in [0.05, 0.1) is 19.3 Å². The maximum absolute atomic E-state index is 12.2. The molecule has 1 aromatic rings. The van der Waals surface area contributed by atoms with Crippen molar-refractivity contribution < 1.29 is 19.1 Å². The summed E-state index contributed by atoms with van der Waals surface area (Å²) in [5, 5.41) is 2.90. The molecule has 128 valence electrons. The first-order valence-electron chi connectivity index (χ1n) is 7.02. The molecule has 0 aliphatic rings. The fourth-order valence-corrected chi connectivity index (χ4v) is 2.44. The minimum atomic E-state index is -1.94. The molecule has 0 aromatic heterocycles. The molecule has 1 atom stereocenters. The van der Waals surface area contributed by atoms with E-state index in [9.17, 15) is 9.59 Å². The van der Waals surface area contributed by atoms with Gasteiger partial charge in [-0.1, -0.05) is 53.0 Å². The van der Waals surface area contributed by atoms with E-state index in [2.05, 4.69) is 5.32 Å². The van der Waals surface area contributed by atoms with Crippen LogP contribution in [0.2, 0.25) is 0 Å². The molecule has 0 saturated carbocycles. The molecule has 0 heterocycles. The SMILES string of the molecule is CCOC(=O)C(C(=O)OCC)C(Nc1ccccc1)C(Cl)(Cl)Cl. The molecule has 0 aliphatic heterocycles. The smallest absolute Gasteiger partial charge is 0.322 e. The van der Waals surface area contributed by atoms with Crippen molar-refractivity contribution in [3.05, 3.63) is 30.3 Å². The van der Waals surface area contributed by atoms with Crippen LogP contribution in [-0.4, -0.2) is 35.0 Å². The third kappa shape index (κ3) is 6.09. The number of rotatable bonds is 7. The second-order valence-electron chi connectivity index (χ2n) is 4.51. The van der Waals surface area contributed by atoms with E-state index in [1.54, 1.807) is 38.1 Å². The molecule has 0 amide bonds. The van der Waals surface area contributed by atoms with Gasteiger partial charge in [-0.3, -0.25) is 9.59 Å². The Bertz CT molecular complexity index is 501. The Morgan fingerprint density at radius 2 is 1.52 bits per heavy atom.